The van der Waals surface area contributed by atoms with Crippen molar-refractivity contribution in [2.75, 3.05) is 10.8 Å². The number of halogens is 1. The van der Waals surface area contributed by atoms with Gasteiger partial charge in [-0.25, -0.2) is 8.42 Å². The molecule has 1 N–H and O–H groups in total. The summed E-state index contributed by atoms with van der Waals surface area (Å²) in [5.41, 5.74) is 1.98. The fourth-order valence-electron chi connectivity index (χ4n) is 3.83. The topological polar surface area (TPSA) is 86.8 Å². The first-order valence-electron chi connectivity index (χ1n) is 12.5. The zero-order valence-electron chi connectivity index (χ0n) is 22.1. The lowest BCUT2D eigenvalue weighted by Crippen LogP contribution is -2.52. The number of anilines is 1. The van der Waals surface area contributed by atoms with Crippen LogP contribution in [-0.4, -0.2) is 43.8 Å². The molecule has 3 aromatic rings. The zero-order valence-corrected chi connectivity index (χ0v) is 23.7. The normalized spacial score (nSPS) is 12.9. The molecule has 0 aliphatic rings. The van der Waals surface area contributed by atoms with Crippen LogP contribution >= 0.6 is 11.6 Å². The molecule has 9 heteroatoms. The molecule has 3 aromatic carbocycles. The Hall–Kier alpha value is -3.36. The minimum absolute atomic E-state index is 0.0491. The van der Waals surface area contributed by atoms with Gasteiger partial charge >= 0.3 is 0 Å². The van der Waals surface area contributed by atoms with E-state index >= 15 is 0 Å². The summed E-state index contributed by atoms with van der Waals surface area (Å²) in [5, 5.41) is 3.26. The van der Waals surface area contributed by atoms with E-state index in [1.54, 1.807) is 37.3 Å². The molecule has 0 bridgehead atoms. The van der Waals surface area contributed by atoms with Crippen molar-refractivity contribution in [3.05, 3.63) is 95.0 Å². The maximum atomic E-state index is 13.9. The highest BCUT2D eigenvalue weighted by atomic mass is 35.5. The van der Waals surface area contributed by atoms with Crippen molar-refractivity contribution in [3.8, 4) is 0 Å². The largest absolute Gasteiger partial charge is 0.352 e. The van der Waals surface area contributed by atoms with Crippen LogP contribution in [0, 0.1) is 6.92 Å². The van der Waals surface area contributed by atoms with E-state index in [9.17, 15) is 18.0 Å². The molecule has 2 amide bonds. The molecule has 3 rings (SSSR count). The molecule has 0 aliphatic carbocycles. The van der Waals surface area contributed by atoms with Crippen LogP contribution in [0.15, 0.2) is 83.8 Å². The molecule has 0 aliphatic heterocycles. The fourth-order valence-corrected chi connectivity index (χ4v) is 5.42. The van der Waals surface area contributed by atoms with E-state index in [4.69, 9.17) is 11.6 Å². The fraction of sp³-hybridized carbons (Fsp3) is 0.310. The van der Waals surface area contributed by atoms with Gasteiger partial charge in [0.15, 0.2) is 0 Å². The Kier molecular flexibility index (Phi) is 9.94. The van der Waals surface area contributed by atoms with Crippen molar-refractivity contribution in [3.63, 3.8) is 0 Å². The monoisotopic (exact) mass is 555 g/mol. The standard InChI is InChI=1S/C29H34ClN3O4S/c1-5-22(3)31-29(35)23(4)32(19-24-10-7-6-8-11-24)28(34)20-33(26-13-9-12-25(30)18-26)38(36,37)27-16-14-21(2)15-17-27/h6-18,22-23H,5,19-20H2,1-4H3,(H,31,35). The number of hydrogen-bond donors (Lipinski definition) is 1. The summed E-state index contributed by atoms with van der Waals surface area (Å²) in [5.74, 6) is -0.823. The Bertz CT molecular complexity index is 1350. The second-order valence-electron chi connectivity index (χ2n) is 9.31. The summed E-state index contributed by atoms with van der Waals surface area (Å²) >= 11 is 6.20. The maximum Gasteiger partial charge on any atom is 0.264 e. The molecular weight excluding hydrogens is 522 g/mol. The van der Waals surface area contributed by atoms with E-state index in [2.05, 4.69) is 5.32 Å². The molecular formula is C29H34ClN3O4S. The average molecular weight is 556 g/mol. The van der Waals surface area contributed by atoms with Crippen LogP contribution in [0.2, 0.25) is 5.02 Å². The van der Waals surface area contributed by atoms with Crippen molar-refractivity contribution < 1.29 is 18.0 Å². The maximum absolute atomic E-state index is 13.9. The predicted octanol–water partition coefficient (Wildman–Crippen LogP) is 5.18. The molecule has 0 saturated carbocycles. The Balaban J connectivity index is 2.01. The Morgan fingerprint density at radius 1 is 0.947 bits per heavy atom. The van der Waals surface area contributed by atoms with Crippen LogP contribution in [0.1, 0.15) is 38.3 Å². The highest BCUT2D eigenvalue weighted by Gasteiger charge is 2.32. The first-order chi connectivity index (χ1) is 18.0. The van der Waals surface area contributed by atoms with E-state index in [0.29, 0.717) is 5.02 Å². The molecule has 2 atom stereocenters. The third kappa shape index (κ3) is 7.36. The Labute approximate surface area is 230 Å². The number of aryl methyl sites for hydroxylation is 1. The van der Waals surface area contributed by atoms with Gasteiger partial charge in [0.05, 0.1) is 10.6 Å². The van der Waals surface area contributed by atoms with Gasteiger partial charge in [0, 0.05) is 17.6 Å². The van der Waals surface area contributed by atoms with Gasteiger partial charge < -0.3 is 10.2 Å². The van der Waals surface area contributed by atoms with Crippen LogP contribution < -0.4 is 9.62 Å². The summed E-state index contributed by atoms with van der Waals surface area (Å²) in [6, 6.07) is 21.2. The van der Waals surface area contributed by atoms with E-state index in [1.807, 2.05) is 51.1 Å². The second kappa shape index (κ2) is 12.9. The van der Waals surface area contributed by atoms with Crippen LogP contribution in [0.5, 0.6) is 0 Å². The Morgan fingerprint density at radius 3 is 2.21 bits per heavy atom. The first-order valence-corrected chi connectivity index (χ1v) is 14.3. The van der Waals surface area contributed by atoms with Gasteiger partial charge in [-0.15, -0.1) is 0 Å². The zero-order chi connectivity index (χ0) is 27.9. The lowest BCUT2D eigenvalue weighted by Gasteiger charge is -2.32. The van der Waals surface area contributed by atoms with Crippen LogP contribution in [0.25, 0.3) is 0 Å². The van der Waals surface area contributed by atoms with Gasteiger partial charge in [0.2, 0.25) is 11.8 Å². The van der Waals surface area contributed by atoms with Gasteiger partial charge in [0.25, 0.3) is 10.0 Å². The number of hydrogen-bond acceptors (Lipinski definition) is 4. The average Bonchev–Trinajstić information content (AvgIpc) is 2.90. The van der Waals surface area contributed by atoms with Gasteiger partial charge in [-0.1, -0.05) is 72.6 Å². The number of rotatable bonds is 11. The quantitative estimate of drug-likeness (QED) is 0.353. The minimum Gasteiger partial charge on any atom is -0.352 e. The SMILES string of the molecule is CCC(C)NC(=O)C(C)N(Cc1ccccc1)C(=O)CN(c1cccc(Cl)c1)S(=O)(=O)c1ccc(C)cc1. The summed E-state index contributed by atoms with van der Waals surface area (Å²) in [6.07, 6.45) is 0.739. The lowest BCUT2D eigenvalue weighted by molar-refractivity contribution is -0.139. The molecule has 0 fully saturated rings. The smallest absolute Gasteiger partial charge is 0.264 e. The predicted molar refractivity (Wildman–Crippen MR) is 152 cm³/mol. The molecule has 0 radical (unpaired) electrons. The number of nitrogens with zero attached hydrogens (tertiary/aromatic N) is 2. The van der Waals surface area contributed by atoms with Gasteiger partial charge in [0.1, 0.15) is 12.6 Å². The highest BCUT2D eigenvalue weighted by Crippen LogP contribution is 2.27. The molecule has 0 aromatic heterocycles. The summed E-state index contributed by atoms with van der Waals surface area (Å²) in [6.45, 7) is 7.00. The summed E-state index contributed by atoms with van der Waals surface area (Å²) in [4.78, 5) is 28.4. The van der Waals surface area contributed by atoms with Crippen molar-refractivity contribution in [2.24, 2.45) is 0 Å². The molecule has 0 saturated heterocycles. The Morgan fingerprint density at radius 2 is 1.61 bits per heavy atom. The third-order valence-electron chi connectivity index (χ3n) is 6.35. The molecule has 2 unspecified atom stereocenters. The van der Waals surface area contributed by atoms with E-state index in [1.165, 1.54) is 23.1 Å². The van der Waals surface area contributed by atoms with Gasteiger partial charge in [-0.2, -0.15) is 0 Å². The van der Waals surface area contributed by atoms with E-state index < -0.39 is 28.5 Å². The van der Waals surface area contributed by atoms with Crippen LogP contribution in [0.3, 0.4) is 0 Å². The number of amides is 2. The van der Waals surface area contributed by atoms with Crippen molar-refractivity contribution in [1.82, 2.24) is 10.2 Å². The van der Waals surface area contributed by atoms with Crippen molar-refractivity contribution in [2.45, 2.75) is 57.6 Å². The summed E-state index contributed by atoms with van der Waals surface area (Å²) < 4.78 is 28.6. The van der Waals surface area contributed by atoms with E-state index in [-0.39, 0.29) is 29.1 Å². The first kappa shape index (κ1) is 29.2. The second-order valence-corrected chi connectivity index (χ2v) is 11.6. The highest BCUT2D eigenvalue weighted by molar-refractivity contribution is 7.92. The summed E-state index contributed by atoms with van der Waals surface area (Å²) in [7, 11) is -4.13. The number of carbonyl (C=O) groups excluding carboxylic acids is 2. The number of sulfonamides is 1. The van der Waals surface area contributed by atoms with Crippen molar-refractivity contribution in [1.29, 1.82) is 0 Å². The van der Waals surface area contributed by atoms with Crippen LogP contribution in [0.4, 0.5) is 5.69 Å². The number of carbonyl (C=O) groups is 2. The molecule has 38 heavy (non-hydrogen) atoms. The van der Waals surface area contributed by atoms with Gasteiger partial charge in [-0.05, 0) is 63.1 Å². The number of benzene rings is 3. The van der Waals surface area contributed by atoms with Gasteiger partial charge in [-0.3, -0.25) is 13.9 Å². The third-order valence-corrected chi connectivity index (χ3v) is 8.37. The van der Waals surface area contributed by atoms with Crippen LogP contribution in [-0.2, 0) is 26.2 Å². The lowest BCUT2D eigenvalue weighted by atomic mass is 10.1. The van der Waals surface area contributed by atoms with Crippen molar-refractivity contribution >= 4 is 39.1 Å². The number of nitrogens with one attached hydrogen (secondary N) is 1. The molecule has 0 heterocycles. The molecule has 202 valence electrons. The minimum atomic E-state index is -4.13. The molecule has 7 nitrogen and oxygen atoms in total. The molecule has 0 spiro atoms. The van der Waals surface area contributed by atoms with E-state index in [0.717, 1.165) is 21.9 Å².